The molecule has 1 N–H and O–H groups in total. The molecule has 160 valence electrons. The first-order chi connectivity index (χ1) is 15.7. The number of hydrogen-bond acceptors (Lipinski definition) is 2. The van der Waals surface area contributed by atoms with Crippen molar-refractivity contribution in [3.63, 3.8) is 0 Å². The number of aromatic nitrogens is 1. The Labute approximate surface area is 187 Å². The van der Waals surface area contributed by atoms with E-state index in [1.165, 1.54) is 0 Å². The highest BCUT2D eigenvalue weighted by atomic mass is 16.5. The molecule has 4 aromatic rings. The number of nitrogens with one attached hydrogen (secondary N) is 1. The minimum atomic E-state index is -0.257. The fraction of sp³-hybridized carbons (Fsp3) is 0.148. The molecule has 1 unspecified atom stereocenters. The number of rotatable bonds is 3. The van der Waals surface area contributed by atoms with Gasteiger partial charge in [0.1, 0.15) is 5.75 Å². The van der Waals surface area contributed by atoms with Crippen LogP contribution in [0.4, 0.5) is 10.5 Å². The van der Waals surface area contributed by atoms with Crippen molar-refractivity contribution >= 4 is 11.7 Å². The molecular weight excluding hydrogens is 398 g/mol. The van der Waals surface area contributed by atoms with E-state index in [0.29, 0.717) is 6.54 Å². The number of hydrogen-bond donors (Lipinski definition) is 1. The molecule has 0 radical (unpaired) electrons. The van der Waals surface area contributed by atoms with E-state index in [2.05, 4.69) is 34.3 Å². The predicted molar refractivity (Wildman–Crippen MR) is 126 cm³/mol. The van der Waals surface area contributed by atoms with Gasteiger partial charge in [-0.15, -0.1) is 0 Å². The Bertz CT molecular complexity index is 1260. The molecule has 5 rings (SSSR count). The molecule has 2 heterocycles. The van der Waals surface area contributed by atoms with Crippen LogP contribution < -0.4 is 10.1 Å². The Balaban J connectivity index is 1.63. The molecular formula is C27H25N3O2. The van der Waals surface area contributed by atoms with E-state index >= 15 is 0 Å². The SMILES string of the molecule is COc1ccc(C2c3cccn3-c3ccccc3CN2C(=O)Nc2ccccc2C)cc1. The smallest absolute Gasteiger partial charge is 0.322 e. The van der Waals surface area contributed by atoms with E-state index in [-0.39, 0.29) is 12.1 Å². The lowest BCUT2D eigenvalue weighted by Crippen LogP contribution is -2.38. The van der Waals surface area contributed by atoms with Gasteiger partial charge < -0.3 is 19.5 Å². The van der Waals surface area contributed by atoms with Crippen LogP contribution in [0.3, 0.4) is 0 Å². The van der Waals surface area contributed by atoms with E-state index < -0.39 is 0 Å². The number of carbonyl (C=O) groups is 1. The van der Waals surface area contributed by atoms with E-state index in [1.54, 1.807) is 7.11 Å². The number of methoxy groups -OCH3 is 1. The highest BCUT2D eigenvalue weighted by molar-refractivity contribution is 5.91. The molecule has 0 spiro atoms. The number of ether oxygens (including phenoxy) is 1. The van der Waals surface area contributed by atoms with Crippen molar-refractivity contribution < 1.29 is 9.53 Å². The Hall–Kier alpha value is -3.99. The summed E-state index contributed by atoms with van der Waals surface area (Å²) >= 11 is 0. The number of benzene rings is 3. The second kappa shape index (κ2) is 8.27. The third-order valence-corrected chi connectivity index (χ3v) is 6.04. The van der Waals surface area contributed by atoms with E-state index in [4.69, 9.17) is 4.74 Å². The van der Waals surface area contributed by atoms with Gasteiger partial charge in [0.25, 0.3) is 0 Å². The van der Waals surface area contributed by atoms with E-state index in [9.17, 15) is 4.79 Å². The zero-order valence-corrected chi connectivity index (χ0v) is 18.2. The van der Waals surface area contributed by atoms with Gasteiger partial charge in [0.05, 0.1) is 25.4 Å². The Kier molecular flexibility index (Phi) is 5.15. The molecule has 0 saturated carbocycles. The predicted octanol–water partition coefficient (Wildman–Crippen LogP) is 5.93. The monoisotopic (exact) mass is 423 g/mol. The fourth-order valence-electron chi connectivity index (χ4n) is 4.38. The Morgan fingerprint density at radius 2 is 1.69 bits per heavy atom. The van der Waals surface area contributed by atoms with Crippen LogP contribution in [-0.4, -0.2) is 22.6 Å². The highest BCUT2D eigenvalue weighted by Crippen LogP contribution is 2.37. The third-order valence-electron chi connectivity index (χ3n) is 6.04. The van der Waals surface area contributed by atoms with E-state index in [0.717, 1.165) is 39.5 Å². The summed E-state index contributed by atoms with van der Waals surface area (Å²) in [5.41, 5.74) is 6.11. The normalized spacial score (nSPS) is 14.8. The number of nitrogens with zero attached hydrogens (tertiary/aromatic N) is 2. The Morgan fingerprint density at radius 1 is 0.938 bits per heavy atom. The molecule has 0 bridgehead atoms. The van der Waals surface area contributed by atoms with Crippen LogP contribution in [0, 0.1) is 6.92 Å². The van der Waals surface area contributed by atoms with Crippen molar-refractivity contribution in [3.05, 3.63) is 114 Å². The topological polar surface area (TPSA) is 46.5 Å². The fourth-order valence-corrected chi connectivity index (χ4v) is 4.38. The number of amides is 2. The molecule has 0 aliphatic carbocycles. The van der Waals surface area contributed by atoms with Gasteiger partial charge in [-0.2, -0.15) is 0 Å². The largest absolute Gasteiger partial charge is 0.497 e. The molecule has 0 fully saturated rings. The maximum Gasteiger partial charge on any atom is 0.322 e. The molecule has 1 aliphatic rings. The summed E-state index contributed by atoms with van der Waals surface area (Å²) < 4.78 is 7.54. The number of aryl methyl sites for hydroxylation is 1. The molecule has 32 heavy (non-hydrogen) atoms. The molecule has 3 aromatic carbocycles. The quantitative estimate of drug-likeness (QED) is 0.444. The lowest BCUT2D eigenvalue weighted by molar-refractivity contribution is 0.194. The van der Waals surface area contributed by atoms with Crippen molar-refractivity contribution in [2.75, 3.05) is 12.4 Å². The molecule has 0 saturated heterocycles. The molecule has 1 aliphatic heterocycles. The summed E-state index contributed by atoms with van der Waals surface area (Å²) in [6, 6.07) is 27.8. The zero-order valence-electron chi connectivity index (χ0n) is 18.2. The second-order valence-corrected chi connectivity index (χ2v) is 7.98. The molecule has 2 amide bonds. The Morgan fingerprint density at radius 3 is 2.47 bits per heavy atom. The minimum absolute atomic E-state index is 0.135. The van der Waals surface area contributed by atoms with Crippen molar-refractivity contribution in [2.24, 2.45) is 0 Å². The average Bonchev–Trinajstić information content (AvgIpc) is 3.25. The van der Waals surface area contributed by atoms with Crippen molar-refractivity contribution in [3.8, 4) is 11.4 Å². The van der Waals surface area contributed by atoms with Crippen LogP contribution in [0.1, 0.15) is 28.4 Å². The van der Waals surface area contributed by atoms with Gasteiger partial charge in [-0.1, -0.05) is 48.5 Å². The van der Waals surface area contributed by atoms with Gasteiger partial charge in [0, 0.05) is 17.6 Å². The first-order valence-corrected chi connectivity index (χ1v) is 10.7. The maximum atomic E-state index is 13.7. The van der Waals surface area contributed by atoms with Crippen molar-refractivity contribution in [1.29, 1.82) is 0 Å². The first kappa shape index (κ1) is 19.9. The zero-order chi connectivity index (χ0) is 22.1. The van der Waals surface area contributed by atoms with Crippen LogP contribution >= 0.6 is 0 Å². The molecule has 1 atom stereocenters. The van der Waals surface area contributed by atoms with Gasteiger partial charge in [0.2, 0.25) is 0 Å². The van der Waals surface area contributed by atoms with Crippen molar-refractivity contribution in [1.82, 2.24) is 9.47 Å². The summed E-state index contributed by atoms with van der Waals surface area (Å²) in [5, 5.41) is 3.14. The third kappa shape index (κ3) is 3.52. The maximum absolute atomic E-state index is 13.7. The number of carbonyl (C=O) groups excluding carboxylic acids is 1. The van der Waals surface area contributed by atoms with Crippen molar-refractivity contribution in [2.45, 2.75) is 19.5 Å². The first-order valence-electron chi connectivity index (χ1n) is 10.7. The summed E-state index contributed by atoms with van der Waals surface area (Å²) in [6.07, 6.45) is 2.06. The lowest BCUT2D eigenvalue weighted by atomic mass is 10.0. The number of anilines is 1. The summed E-state index contributed by atoms with van der Waals surface area (Å²) in [7, 11) is 1.66. The van der Waals surface area contributed by atoms with Gasteiger partial charge in [-0.25, -0.2) is 4.79 Å². The molecule has 5 nitrogen and oxygen atoms in total. The number of fused-ring (bicyclic) bond motifs is 3. The highest BCUT2D eigenvalue weighted by Gasteiger charge is 2.33. The van der Waals surface area contributed by atoms with Crippen LogP contribution in [0.5, 0.6) is 5.75 Å². The van der Waals surface area contributed by atoms with Gasteiger partial charge in [0.15, 0.2) is 0 Å². The number of para-hydroxylation sites is 2. The van der Waals surface area contributed by atoms with Gasteiger partial charge >= 0.3 is 6.03 Å². The van der Waals surface area contributed by atoms with Gasteiger partial charge in [-0.05, 0) is 60.0 Å². The summed E-state index contributed by atoms with van der Waals surface area (Å²) in [5.74, 6) is 0.789. The van der Waals surface area contributed by atoms with Crippen LogP contribution in [0.25, 0.3) is 5.69 Å². The number of urea groups is 1. The summed E-state index contributed by atoms with van der Waals surface area (Å²) in [4.78, 5) is 15.6. The van der Waals surface area contributed by atoms with Crippen LogP contribution in [0.15, 0.2) is 91.1 Å². The second-order valence-electron chi connectivity index (χ2n) is 7.98. The molecule has 5 heteroatoms. The average molecular weight is 424 g/mol. The lowest BCUT2D eigenvalue weighted by Gasteiger charge is -2.31. The van der Waals surface area contributed by atoms with Gasteiger partial charge in [-0.3, -0.25) is 0 Å². The van der Waals surface area contributed by atoms with Crippen LogP contribution in [0.2, 0.25) is 0 Å². The molecule has 1 aromatic heterocycles. The standard InChI is InChI=1S/C27H25N3O2/c1-19-8-3-5-10-23(19)28-27(31)30-18-21-9-4-6-11-24(21)29-17-7-12-25(29)26(30)20-13-15-22(32-2)16-14-20/h3-17,26H,18H2,1-2H3,(H,28,31). The van der Waals surface area contributed by atoms with Crippen LogP contribution in [-0.2, 0) is 6.54 Å². The van der Waals surface area contributed by atoms with E-state index in [1.807, 2.05) is 78.6 Å². The summed E-state index contributed by atoms with van der Waals surface area (Å²) in [6.45, 7) is 2.49. The minimum Gasteiger partial charge on any atom is -0.497 e.